The minimum atomic E-state index is -1.32. The summed E-state index contributed by atoms with van der Waals surface area (Å²) < 4.78 is 12.0. The summed E-state index contributed by atoms with van der Waals surface area (Å²) in [5.41, 5.74) is 1.15. The Morgan fingerprint density at radius 2 is 1.97 bits per heavy atom. The zero-order valence-corrected chi connectivity index (χ0v) is 17.0. The van der Waals surface area contributed by atoms with Crippen molar-refractivity contribution >= 4 is 28.8 Å². The first-order valence-electron chi connectivity index (χ1n) is 9.86. The van der Waals surface area contributed by atoms with E-state index in [1.807, 2.05) is 0 Å². The van der Waals surface area contributed by atoms with E-state index in [0.717, 1.165) is 5.56 Å². The number of benzene rings is 1. The average Bonchev–Trinajstić information content (AvgIpc) is 3.36. The van der Waals surface area contributed by atoms with Crippen molar-refractivity contribution in [2.24, 2.45) is 0 Å². The van der Waals surface area contributed by atoms with Crippen molar-refractivity contribution in [1.29, 1.82) is 0 Å². The predicted molar refractivity (Wildman–Crippen MR) is 110 cm³/mol. The predicted octanol–water partition coefficient (Wildman–Crippen LogP) is 0.137. The molecule has 14 heteroatoms. The van der Waals surface area contributed by atoms with E-state index in [2.05, 4.69) is 20.3 Å². The molecule has 174 valence electrons. The molecule has 0 aliphatic carbocycles. The molecule has 1 aliphatic heterocycles. The van der Waals surface area contributed by atoms with Crippen LogP contribution in [0.2, 0.25) is 0 Å². The van der Waals surface area contributed by atoms with E-state index in [1.165, 1.54) is 29.4 Å². The second kappa shape index (κ2) is 9.41. The van der Waals surface area contributed by atoms with Gasteiger partial charge in [0, 0.05) is 18.6 Å². The van der Waals surface area contributed by atoms with Crippen LogP contribution in [0.5, 0.6) is 0 Å². The van der Waals surface area contributed by atoms with Gasteiger partial charge in [0.15, 0.2) is 23.2 Å². The molecule has 0 spiro atoms. The minimum Gasteiger partial charge on any atom is -0.449 e. The lowest BCUT2D eigenvalue weighted by molar-refractivity contribution is -0.384. The van der Waals surface area contributed by atoms with Crippen LogP contribution in [0.3, 0.4) is 0 Å². The Hall–Kier alpha value is -3.72. The molecular formula is C19H20N6O8. The van der Waals surface area contributed by atoms with Crippen LogP contribution in [-0.4, -0.2) is 77.4 Å². The number of non-ortho nitro benzene ring substituents is 1. The Balaban J connectivity index is 1.40. The van der Waals surface area contributed by atoms with Crippen LogP contribution in [-0.2, 0) is 15.9 Å². The summed E-state index contributed by atoms with van der Waals surface area (Å²) in [4.78, 5) is 34.6. The van der Waals surface area contributed by atoms with Gasteiger partial charge in [-0.05, 0) is 5.56 Å². The number of nitrogens with one attached hydrogen (secondary N) is 1. The summed E-state index contributed by atoms with van der Waals surface area (Å²) in [6, 6.07) is 5.90. The first-order chi connectivity index (χ1) is 15.9. The second-order valence-electron chi connectivity index (χ2n) is 7.21. The lowest BCUT2D eigenvalue weighted by Crippen LogP contribution is -2.33. The second-order valence-corrected chi connectivity index (χ2v) is 7.21. The Kier molecular flexibility index (Phi) is 6.41. The van der Waals surface area contributed by atoms with Crippen LogP contribution >= 0.6 is 0 Å². The van der Waals surface area contributed by atoms with Gasteiger partial charge in [0.2, 0.25) is 0 Å². The minimum absolute atomic E-state index is 0.0227. The molecule has 0 saturated carbocycles. The number of anilines is 1. The summed E-state index contributed by atoms with van der Waals surface area (Å²) in [5.74, 6) is 0.0610. The van der Waals surface area contributed by atoms with Crippen molar-refractivity contribution in [2.45, 2.75) is 31.0 Å². The number of imidazole rings is 1. The first-order valence-corrected chi connectivity index (χ1v) is 9.86. The number of nitro benzene ring substituents is 1. The number of fused-ring (bicyclic) bond motifs is 1. The number of hydrogen-bond acceptors (Lipinski definition) is 11. The van der Waals surface area contributed by atoms with Gasteiger partial charge in [-0.2, -0.15) is 0 Å². The molecule has 14 nitrogen and oxygen atoms in total. The van der Waals surface area contributed by atoms with Gasteiger partial charge in [0.1, 0.15) is 24.6 Å². The molecule has 4 rings (SSSR count). The summed E-state index contributed by atoms with van der Waals surface area (Å²) in [6.45, 7) is -0.455. The van der Waals surface area contributed by atoms with Crippen LogP contribution in [0.1, 0.15) is 11.8 Å². The van der Waals surface area contributed by atoms with Crippen LogP contribution in [0.15, 0.2) is 36.9 Å². The van der Waals surface area contributed by atoms with E-state index in [0.29, 0.717) is 6.42 Å². The largest absolute Gasteiger partial charge is 0.449 e. The fourth-order valence-corrected chi connectivity index (χ4v) is 3.42. The molecule has 3 heterocycles. The van der Waals surface area contributed by atoms with Crippen LogP contribution in [0.25, 0.3) is 11.2 Å². The number of amides is 1. The zero-order valence-electron chi connectivity index (χ0n) is 17.0. The summed E-state index contributed by atoms with van der Waals surface area (Å²) >= 11 is 0. The topological polar surface area (TPSA) is 195 Å². The van der Waals surface area contributed by atoms with E-state index in [1.54, 1.807) is 12.1 Å². The Morgan fingerprint density at radius 3 is 2.64 bits per heavy atom. The van der Waals surface area contributed by atoms with Crippen molar-refractivity contribution in [3.63, 3.8) is 0 Å². The van der Waals surface area contributed by atoms with Gasteiger partial charge in [-0.15, -0.1) is 0 Å². The van der Waals surface area contributed by atoms with Gasteiger partial charge in [0.25, 0.3) is 5.69 Å². The molecular weight excluding hydrogens is 440 g/mol. The Labute approximate surface area is 185 Å². The zero-order chi connectivity index (χ0) is 23.5. The third-order valence-electron chi connectivity index (χ3n) is 5.14. The van der Waals surface area contributed by atoms with Gasteiger partial charge in [-0.25, -0.2) is 19.7 Å². The normalized spacial score (nSPS) is 22.4. The number of hydrogen-bond donors (Lipinski definition) is 4. The number of carbonyl (C=O) groups excluding carboxylic acids is 1. The molecule has 4 atom stereocenters. The van der Waals surface area contributed by atoms with Crippen molar-refractivity contribution < 1.29 is 34.5 Å². The van der Waals surface area contributed by atoms with Crippen molar-refractivity contribution in [2.75, 3.05) is 18.5 Å². The van der Waals surface area contributed by atoms with E-state index in [9.17, 15) is 30.2 Å². The molecule has 4 N–H and O–H groups in total. The highest BCUT2D eigenvalue weighted by Gasteiger charge is 2.44. The molecule has 1 aromatic carbocycles. The third-order valence-corrected chi connectivity index (χ3v) is 5.14. The lowest BCUT2D eigenvalue weighted by Gasteiger charge is -2.16. The molecule has 0 unspecified atom stereocenters. The smallest absolute Gasteiger partial charge is 0.412 e. The number of aromatic nitrogens is 4. The van der Waals surface area contributed by atoms with Crippen LogP contribution in [0.4, 0.5) is 16.3 Å². The molecule has 2 aromatic heterocycles. The number of nitro groups is 1. The molecule has 1 amide bonds. The van der Waals surface area contributed by atoms with E-state index in [-0.39, 0.29) is 29.3 Å². The van der Waals surface area contributed by atoms with Gasteiger partial charge < -0.3 is 24.8 Å². The number of nitrogens with zero attached hydrogens (tertiary/aromatic N) is 5. The van der Waals surface area contributed by atoms with E-state index in [4.69, 9.17) is 9.47 Å². The number of rotatable bonds is 7. The number of carbonyl (C=O) groups is 1. The third kappa shape index (κ3) is 4.58. The molecule has 33 heavy (non-hydrogen) atoms. The van der Waals surface area contributed by atoms with Gasteiger partial charge in [-0.3, -0.25) is 20.0 Å². The monoisotopic (exact) mass is 460 g/mol. The molecule has 3 aromatic rings. The lowest BCUT2D eigenvalue weighted by atomic mass is 10.1. The summed E-state index contributed by atoms with van der Waals surface area (Å²) in [7, 11) is 0. The highest BCUT2D eigenvalue weighted by molar-refractivity contribution is 5.93. The van der Waals surface area contributed by atoms with Gasteiger partial charge >= 0.3 is 6.09 Å². The number of ether oxygens (including phenoxy) is 2. The van der Waals surface area contributed by atoms with Crippen molar-refractivity contribution in [1.82, 2.24) is 19.5 Å². The maximum absolute atomic E-state index is 12.2. The van der Waals surface area contributed by atoms with E-state index >= 15 is 0 Å². The molecule has 1 saturated heterocycles. The fourth-order valence-electron chi connectivity index (χ4n) is 3.42. The Morgan fingerprint density at radius 1 is 1.21 bits per heavy atom. The highest BCUT2D eigenvalue weighted by atomic mass is 16.6. The Bertz CT molecular complexity index is 1150. The average molecular weight is 460 g/mol. The SMILES string of the molecule is O=C(Nc1ncnc2c1ncn2[C@@H]1O[C@H](CO)[C@@H](O)[C@H]1O)OCCc1ccc([N+](=O)[O-])cc1. The standard InChI is InChI=1S/C19H20N6O8/c26-7-12-14(27)15(28)18(33-12)24-9-22-13-16(20-8-21-17(13)24)23-19(29)32-6-5-10-1-3-11(4-2-10)25(30)31/h1-4,8-9,12,14-15,18,26-28H,5-7H2,(H,20,21,23,29)/t12-,14-,15-,18-/m1/s1. The van der Waals surface area contributed by atoms with Crippen molar-refractivity contribution in [3.05, 3.63) is 52.6 Å². The molecule has 0 radical (unpaired) electrons. The van der Waals surface area contributed by atoms with E-state index < -0.39 is 42.2 Å². The van der Waals surface area contributed by atoms with Gasteiger partial charge in [-0.1, -0.05) is 12.1 Å². The molecule has 0 bridgehead atoms. The highest BCUT2D eigenvalue weighted by Crippen LogP contribution is 2.32. The first kappa shape index (κ1) is 22.5. The summed E-state index contributed by atoms with van der Waals surface area (Å²) in [5, 5.41) is 42.6. The van der Waals surface area contributed by atoms with Gasteiger partial charge in [0.05, 0.1) is 24.5 Å². The number of aliphatic hydroxyl groups excluding tert-OH is 3. The van der Waals surface area contributed by atoms with Crippen molar-refractivity contribution in [3.8, 4) is 0 Å². The molecule has 1 fully saturated rings. The summed E-state index contributed by atoms with van der Waals surface area (Å²) in [6.07, 6.45) is -2.58. The van der Waals surface area contributed by atoms with Crippen LogP contribution in [0, 0.1) is 10.1 Å². The van der Waals surface area contributed by atoms with Crippen LogP contribution < -0.4 is 5.32 Å². The quantitative estimate of drug-likeness (QED) is 0.276. The molecule has 1 aliphatic rings. The maximum atomic E-state index is 12.2. The fraction of sp³-hybridized carbons (Fsp3) is 0.368. The maximum Gasteiger partial charge on any atom is 0.412 e. The number of aliphatic hydroxyl groups is 3.